The lowest BCUT2D eigenvalue weighted by atomic mass is 9.87. The minimum Gasteiger partial charge on any atom is -0.335 e. The second-order valence-corrected chi connectivity index (χ2v) is 5.68. The molecule has 0 aromatic heterocycles. The summed E-state index contributed by atoms with van der Waals surface area (Å²) in [6.07, 6.45) is 6.04. The van der Waals surface area contributed by atoms with E-state index in [0.717, 1.165) is 26.2 Å². The zero-order valence-electron chi connectivity index (χ0n) is 9.80. The molecule has 2 aliphatic heterocycles. The summed E-state index contributed by atoms with van der Waals surface area (Å²) in [6.45, 7) is 4.12. The van der Waals surface area contributed by atoms with Crippen molar-refractivity contribution in [3.05, 3.63) is 0 Å². The first-order valence-corrected chi connectivity index (χ1v) is 6.54. The molecule has 1 saturated carbocycles. The number of carbonyl (C=O) groups excluding carboxylic acids is 1. The summed E-state index contributed by atoms with van der Waals surface area (Å²) in [6, 6.07) is 0.638. The van der Waals surface area contributed by atoms with Crippen LogP contribution in [0.4, 0.5) is 4.79 Å². The van der Waals surface area contributed by atoms with Crippen LogP contribution in [0.5, 0.6) is 0 Å². The van der Waals surface area contributed by atoms with E-state index in [1.54, 1.807) is 0 Å². The van der Waals surface area contributed by atoms with Gasteiger partial charge in [-0.05, 0) is 38.6 Å². The molecule has 0 radical (unpaired) electrons. The van der Waals surface area contributed by atoms with Crippen molar-refractivity contribution in [1.82, 2.24) is 15.5 Å². The normalized spacial score (nSPS) is 34.4. The van der Waals surface area contributed by atoms with Crippen molar-refractivity contribution in [3.8, 4) is 0 Å². The number of nitrogens with one attached hydrogen (secondary N) is 2. The number of nitrogens with zero attached hydrogens (tertiary/aromatic N) is 1. The quantitative estimate of drug-likeness (QED) is 0.694. The first-order chi connectivity index (χ1) is 7.77. The zero-order valence-corrected chi connectivity index (χ0v) is 9.80. The second-order valence-electron chi connectivity index (χ2n) is 5.68. The van der Waals surface area contributed by atoms with Crippen LogP contribution < -0.4 is 10.6 Å². The van der Waals surface area contributed by atoms with E-state index in [4.69, 9.17) is 0 Å². The summed E-state index contributed by atoms with van der Waals surface area (Å²) in [4.78, 5) is 14.0. The van der Waals surface area contributed by atoms with Gasteiger partial charge in [-0.25, -0.2) is 4.79 Å². The van der Waals surface area contributed by atoms with Crippen LogP contribution >= 0.6 is 0 Å². The average Bonchev–Trinajstić information content (AvgIpc) is 2.83. The average molecular weight is 223 g/mol. The maximum Gasteiger partial charge on any atom is 0.317 e. The van der Waals surface area contributed by atoms with E-state index in [-0.39, 0.29) is 6.03 Å². The monoisotopic (exact) mass is 223 g/mol. The molecule has 3 fully saturated rings. The Kier molecular flexibility index (Phi) is 2.54. The summed E-state index contributed by atoms with van der Waals surface area (Å²) in [5.74, 6) is 0. The van der Waals surface area contributed by atoms with Gasteiger partial charge in [-0.1, -0.05) is 0 Å². The van der Waals surface area contributed by atoms with E-state index < -0.39 is 0 Å². The van der Waals surface area contributed by atoms with E-state index in [9.17, 15) is 4.79 Å². The Morgan fingerprint density at radius 2 is 2.25 bits per heavy atom. The molecule has 90 valence electrons. The molecule has 1 unspecified atom stereocenters. The highest BCUT2D eigenvalue weighted by Gasteiger charge is 2.42. The van der Waals surface area contributed by atoms with Crippen molar-refractivity contribution in [3.63, 3.8) is 0 Å². The molecule has 4 heteroatoms. The predicted octanol–water partition coefficient (Wildman–Crippen LogP) is 0.934. The molecule has 16 heavy (non-hydrogen) atoms. The Balaban J connectivity index is 1.54. The largest absolute Gasteiger partial charge is 0.335 e. The fourth-order valence-electron chi connectivity index (χ4n) is 3.07. The SMILES string of the molecule is O=C(NC1CCC1)N1CCC2(CCNC2)C1. The third kappa shape index (κ3) is 1.79. The summed E-state index contributed by atoms with van der Waals surface area (Å²) < 4.78 is 0. The molecule has 2 amide bonds. The lowest BCUT2D eigenvalue weighted by Gasteiger charge is -2.29. The highest BCUT2D eigenvalue weighted by atomic mass is 16.2. The third-order valence-corrected chi connectivity index (χ3v) is 4.49. The molecular weight excluding hydrogens is 202 g/mol. The Morgan fingerprint density at radius 3 is 2.88 bits per heavy atom. The van der Waals surface area contributed by atoms with Gasteiger partial charge in [0.15, 0.2) is 0 Å². The van der Waals surface area contributed by atoms with E-state index in [0.29, 0.717) is 11.5 Å². The van der Waals surface area contributed by atoms with Crippen molar-refractivity contribution in [1.29, 1.82) is 0 Å². The Morgan fingerprint density at radius 1 is 1.38 bits per heavy atom. The van der Waals surface area contributed by atoms with Crippen molar-refractivity contribution < 1.29 is 4.79 Å². The van der Waals surface area contributed by atoms with Crippen LogP contribution in [0.3, 0.4) is 0 Å². The van der Waals surface area contributed by atoms with Crippen LogP contribution in [0.15, 0.2) is 0 Å². The molecular formula is C12H21N3O. The topological polar surface area (TPSA) is 44.4 Å². The van der Waals surface area contributed by atoms with Gasteiger partial charge >= 0.3 is 6.03 Å². The van der Waals surface area contributed by atoms with Crippen molar-refractivity contribution in [2.24, 2.45) is 5.41 Å². The number of amides is 2. The van der Waals surface area contributed by atoms with Crippen molar-refractivity contribution in [2.45, 2.75) is 38.1 Å². The minimum absolute atomic E-state index is 0.175. The van der Waals surface area contributed by atoms with Gasteiger partial charge in [0.1, 0.15) is 0 Å². The molecule has 4 nitrogen and oxygen atoms in total. The zero-order chi connectivity index (χ0) is 11.0. The summed E-state index contributed by atoms with van der Waals surface area (Å²) in [5.41, 5.74) is 0.400. The number of rotatable bonds is 1. The van der Waals surface area contributed by atoms with Gasteiger partial charge in [-0.3, -0.25) is 0 Å². The van der Waals surface area contributed by atoms with Crippen LogP contribution in [0, 0.1) is 5.41 Å². The minimum atomic E-state index is 0.175. The highest BCUT2D eigenvalue weighted by Crippen LogP contribution is 2.36. The van der Waals surface area contributed by atoms with Crippen LogP contribution in [0.25, 0.3) is 0 Å². The molecule has 3 aliphatic rings. The molecule has 1 spiro atoms. The van der Waals surface area contributed by atoms with E-state index >= 15 is 0 Å². The van der Waals surface area contributed by atoms with Gasteiger partial charge in [0.2, 0.25) is 0 Å². The summed E-state index contributed by atoms with van der Waals surface area (Å²) >= 11 is 0. The maximum absolute atomic E-state index is 12.0. The second kappa shape index (κ2) is 3.91. The third-order valence-electron chi connectivity index (χ3n) is 4.49. The molecule has 0 aromatic rings. The smallest absolute Gasteiger partial charge is 0.317 e. The number of carbonyl (C=O) groups is 1. The first-order valence-electron chi connectivity index (χ1n) is 6.54. The lowest BCUT2D eigenvalue weighted by molar-refractivity contribution is 0.190. The fourth-order valence-corrected chi connectivity index (χ4v) is 3.07. The first kappa shape index (κ1) is 10.4. The van der Waals surface area contributed by atoms with Crippen LogP contribution in [0.1, 0.15) is 32.1 Å². The predicted molar refractivity (Wildman–Crippen MR) is 62.3 cm³/mol. The van der Waals surface area contributed by atoms with Gasteiger partial charge < -0.3 is 15.5 Å². The van der Waals surface area contributed by atoms with E-state index in [1.165, 1.54) is 32.1 Å². The standard InChI is InChI=1S/C12H21N3O/c16-11(14-10-2-1-3-10)15-7-5-12(9-15)4-6-13-8-12/h10,13H,1-9H2,(H,14,16). The summed E-state index contributed by atoms with van der Waals surface area (Å²) in [5, 5.41) is 6.55. The van der Waals surface area contributed by atoms with Crippen LogP contribution in [0.2, 0.25) is 0 Å². The highest BCUT2D eigenvalue weighted by molar-refractivity contribution is 5.75. The van der Waals surface area contributed by atoms with Crippen molar-refractivity contribution in [2.75, 3.05) is 26.2 Å². The lowest BCUT2D eigenvalue weighted by Crippen LogP contribution is -2.47. The van der Waals surface area contributed by atoms with E-state index in [2.05, 4.69) is 10.6 Å². The molecule has 2 heterocycles. The molecule has 0 aromatic carbocycles. The fraction of sp³-hybridized carbons (Fsp3) is 0.917. The maximum atomic E-state index is 12.0. The molecule has 2 N–H and O–H groups in total. The van der Waals surface area contributed by atoms with Crippen LogP contribution in [-0.2, 0) is 0 Å². The van der Waals surface area contributed by atoms with Crippen LogP contribution in [-0.4, -0.2) is 43.2 Å². The Labute approximate surface area is 96.8 Å². The molecule has 2 saturated heterocycles. The molecule has 1 atom stereocenters. The van der Waals surface area contributed by atoms with Gasteiger partial charge in [-0.2, -0.15) is 0 Å². The number of hydrogen-bond donors (Lipinski definition) is 2. The van der Waals surface area contributed by atoms with Crippen molar-refractivity contribution >= 4 is 6.03 Å². The van der Waals surface area contributed by atoms with E-state index in [1.807, 2.05) is 4.90 Å². The molecule has 0 bridgehead atoms. The summed E-state index contributed by atoms with van der Waals surface area (Å²) in [7, 11) is 0. The number of urea groups is 1. The van der Waals surface area contributed by atoms with Gasteiger partial charge in [-0.15, -0.1) is 0 Å². The van der Waals surface area contributed by atoms with Gasteiger partial charge in [0.05, 0.1) is 0 Å². The number of hydrogen-bond acceptors (Lipinski definition) is 2. The number of likely N-dealkylation sites (tertiary alicyclic amines) is 1. The molecule has 3 rings (SSSR count). The van der Waals surface area contributed by atoms with Gasteiger partial charge in [0.25, 0.3) is 0 Å². The Bertz CT molecular complexity index is 282. The Hall–Kier alpha value is -0.770. The van der Waals surface area contributed by atoms with Gasteiger partial charge in [0, 0.05) is 31.1 Å². The molecule has 1 aliphatic carbocycles.